The number of hydrogen-bond donors (Lipinski definition) is 1. The molecule has 6 nitrogen and oxygen atoms in total. The Labute approximate surface area is 139 Å². The molecular formula is C14H14F3N5OS. The minimum atomic E-state index is -4.41. The zero-order valence-corrected chi connectivity index (χ0v) is 13.3. The quantitative estimate of drug-likeness (QED) is 0.895. The van der Waals surface area contributed by atoms with Crippen molar-refractivity contribution in [1.29, 1.82) is 0 Å². The molecule has 0 aromatic carbocycles. The van der Waals surface area contributed by atoms with Gasteiger partial charge in [0, 0.05) is 24.4 Å². The van der Waals surface area contributed by atoms with Gasteiger partial charge in [0.15, 0.2) is 5.69 Å². The van der Waals surface area contributed by atoms with E-state index in [1.165, 1.54) is 12.4 Å². The van der Waals surface area contributed by atoms with Crippen LogP contribution in [0.1, 0.15) is 29.5 Å². The second-order valence-corrected chi connectivity index (χ2v) is 6.28. The maximum absolute atomic E-state index is 12.6. The Balaban J connectivity index is 1.56. The lowest BCUT2D eigenvalue weighted by Gasteiger charge is -2.31. The number of piperidine rings is 1. The minimum Gasteiger partial charge on any atom is -0.324 e. The molecule has 1 N–H and O–H groups in total. The molecule has 1 aliphatic rings. The molecule has 0 spiro atoms. The number of rotatable bonds is 2. The lowest BCUT2D eigenvalue weighted by Crippen LogP contribution is -2.40. The van der Waals surface area contributed by atoms with Gasteiger partial charge in [-0.1, -0.05) is 0 Å². The first-order chi connectivity index (χ1) is 11.4. The maximum atomic E-state index is 12.6. The van der Waals surface area contributed by atoms with Crippen LogP contribution in [0.5, 0.6) is 0 Å². The highest BCUT2D eigenvalue weighted by molar-refractivity contribution is 7.09. The van der Waals surface area contributed by atoms with Gasteiger partial charge in [-0.3, -0.25) is 0 Å². The van der Waals surface area contributed by atoms with Crippen LogP contribution >= 0.6 is 11.3 Å². The fourth-order valence-electron chi connectivity index (χ4n) is 2.50. The standard InChI is InChI=1S/C14H14F3N5OS/c15-14(16,17)11-8-24-12(21-11)9-2-5-22(6-3-9)13(23)20-10-1-4-18-19-7-10/h1,4,7-9H,2-3,5-6H2,(H,18,20,23). The van der Waals surface area contributed by atoms with Crippen molar-refractivity contribution in [2.75, 3.05) is 18.4 Å². The number of aromatic nitrogens is 3. The Morgan fingerprint density at radius 1 is 1.29 bits per heavy atom. The molecule has 128 valence electrons. The number of alkyl halides is 3. The zero-order valence-electron chi connectivity index (χ0n) is 12.5. The normalized spacial score (nSPS) is 16.2. The van der Waals surface area contributed by atoms with Crippen molar-refractivity contribution < 1.29 is 18.0 Å². The van der Waals surface area contributed by atoms with Crippen LogP contribution in [0.15, 0.2) is 23.8 Å². The summed E-state index contributed by atoms with van der Waals surface area (Å²) in [5, 5.41) is 11.5. The highest BCUT2D eigenvalue weighted by atomic mass is 32.1. The molecule has 1 fully saturated rings. The lowest BCUT2D eigenvalue weighted by molar-refractivity contribution is -0.140. The molecule has 2 amide bonds. The number of carbonyl (C=O) groups excluding carboxylic acids is 1. The molecule has 1 saturated heterocycles. The number of nitrogens with zero attached hydrogens (tertiary/aromatic N) is 4. The van der Waals surface area contributed by atoms with Crippen LogP contribution < -0.4 is 5.32 Å². The molecule has 0 aliphatic carbocycles. The average molecular weight is 357 g/mol. The van der Waals surface area contributed by atoms with Crippen molar-refractivity contribution in [3.8, 4) is 0 Å². The topological polar surface area (TPSA) is 71.0 Å². The summed E-state index contributed by atoms with van der Waals surface area (Å²) in [5.41, 5.74) is -0.292. The summed E-state index contributed by atoms with van der Waals surface area (Å²) in [7, 11) is 0. The third-order valence-electron chi connectivity index (χ3n) is 3.78. The van der Waals surface area contributed by atoms with Crippen molar-refractivity contribution in [1.82, 2.24) is 20.1 Å². The van der Waals surface area contributed by atoms with E-state index in [0.29, 0.717) is 36.6 Å². The Morgan fingerprint density at radius 2 is 2.04 bits per heavy atom. The first kappa shape index (κ1) is 16.6. The predicted molar refractivity (Wildman–Crippen MR) is 81.7 cm³/mol. The Morgan fingerprint density at radius 3 is 2.62 bits per heavy atom. The lowest BCUT2D eigenvalue weighted by atomic mass is 9.98. The summed E-state index contributed by atoms with van der Waals surface area (Å²) >= 11 is 1.03. The van der Waals surface area contributed by atoms with E-state index < -0.39 is 11.9 Å². The van der Waals surface area contributed by atoms with Gasteiger partial charge in [-0.15, -0.1) is 11.3 Å². The zero-order chi connectivity index (χ0) is 17.2. The van der Waals surface area contributed by atoms with Crippen molar-refractivity contribution >= 4 is 23.1 Å². The largest absolute Gasteiger partial charge is 0.434 e. The summed E-state index contributed by atoms with van der Waals surface area (Å²) in [5.74, 6) is -0.0438. The van der Waals surface area contributed by atoms with Gasteiger partial charge in [0.25, 0.3) is 0 Å². The van der Waals surface area contributed by atoms with Crippen LogP contribution in [-0.2, 0) is 6.18 Å². The molecular weight excluding hydrogens is 343 g/mol. The molecule has 3 heterocycles. The van der Waals surface area contributed by atoms with Crippen LogP contribution in [0, 0.1) is 0 Å². The van der Waals surface area contributed by atoms with Gasteiger partial charge in [-0.25, -0.2) is 9.78 Å². The molecule has 0 atom stereocenters. The monoisotopic (exact) mass is 357 g/mol. The van der Waals surface area contributed by atoms with Crippen LogP contribution in [0.3, 0.4) is 0 Å². The second-order valence-electron chi connectivity index (χ2n) is 5.39. The Bertz CT molecular complexity index is 698. The van der Waals surface area contributed by atoms with Gasteiger partial charge in [-0.05, 0) is 18.9 Å². The van der Waals surface area contributed by atoms with E-state index in [2.05, 4.69) is 20.5 Å². The molecule has 10 heteroatoms. The summed E-state index contributed by atoms with van der Waals surface area (Å²) < 4.78 is 37.9. The molecule has 2 aromatic heterocycles. The van der Waals surface area contributed by atoms with E-state index in [0.717, 1.165) is 16.7 Å². The van der Waals surface area contributed by atoms with Crippen molar-refractivity contribution in [3.63, 3.8) is 0 Å². The number of urea groups is 1. The van der Waals surface area contributed by atoms with E-state index in [1.807, 2.05) is 0 Å². The second kappa shape index (κ2) is 6.71. The third-order valence-corrected chi connectivity index (χ3v) is 4.79. The molecule has 0 bridgehead atoms. The highest BCUT2D eigenvalue weighted by Crippen LogP contribution is 2.35. The van der Waals surface area contributed by atoms with Crippen LogP contribution in [-0.4, -0.2) is 39.2 Å². The number of carbonyl (C=O) groups is 1. The number of thiazole rings is 1. The molecule has 1 aliphatic heterocycles. The summed E-state index contributed by atoms with van der Waals surface area (Å²) in [6, 6.07) is 1.38. The fourth-order valence-corrected chi connectivity index (χ4v) is 3.50. The van der Waals surface area contributed by atoms with Crippen molar-refractivity contribution in [2.45, 2.75) is 24.9 Å². The summed E-state index contributed by atoms with van der Waals surface area (Å²) in [6.45, 7) is 0.936. The molecule has 0 saturated carbocycles. The van der Waals surface area contributed by atoms with Gasteiger partial charge < -0.3 is 10.2 Å². The SMILES string of the molecule is O=C(Nc1ccnnc1)N1CCC(c2nc(C(F)(F)F)cs2)CC1. The highest BCUT2D eigenvalue weighted by Gasteiger charge is 2.35. The molecule has 2 aromatic rings. The maximum Gasteiger partial charge on any atom is 0.434 e. The molecule has 3 rings (SSSR count). The fraction of sp³-hybridized carbons (Fsp3) is 0.429. The number of amides is 2. The number of hydrogen-bond acceptors (Lipinski definition) is 5. The average Bonchev–Trinajstić information content (AvgIpc) is 3.06. The van der Waals surface area contributed by atoms with Gasteiger partial charge in [-0.2, -0.15) is 23.4 Å². The van der Waals surface area contributed by atoms with E-state index >= 15 is 0 Å². The van der Waals surface area contributed by atoms with Crippen LogP contribution in [0.2, 0.25) is 0 Å². The van der Waals surface area contributed by atoms with Gasteiger partial charge >= 0.3 is 12.2 Å². The first-order valence-corrected chi connectivity index (χ1v) is 8.16. The Kier molecular flexibility index (Phi) is 4.65. The van der Waals surface area contributed by atoms with Gasteiger partial charge in [0.2, 0.25) is 0 Å². The van der Waals surface area contributed by atoms with E-state index in [4.69, 9.17) is 0 Å². The minimum absolute atomic E-state index is 0.0438. The number of nitrogens with one attached hydrogen (secondary N) is 1. The van der Waals surface area contributed by atoms with Crippen LogP contribution in [0.25, 0.3) is 0 Å². The molecule has 0 radical (unpaired) electrons. The predicted octanol–water partition coefficient (Wildman–Crippen LogP) is 3.36. The molecule has 0 unspecified atom stereocenters. The van der Waals surface area contributed by atoms with Crippen LogP contribution in [0.4, 0.5) is 23.7 Å². The van der Waals surface area contributed by atoms with Gasteiger partial charge in [0.1, 0.15) is 0 Å². The van der Waals surface area contributed by atoms with Crippen molar-refractivity contribution in [3.05, 3.63) is 34.5 Å². The Hall–Kier alpha value is -2.23. The van der Waals surface area contributed by atoms with Gasteiger partial charge in [0.05, 0.1) is 23.1 Å². The number of anilines is 1. The number of halogens is 3. The third kappa shape index (κ3) is 3.81. The summed E-state index contributed by atoms with van der Waals surface area (Å²) in [6.07, 6.45) is -0.311. The first-order valence-electron chi connectivity index (χ1n) is 7.29. The van der Waals surface area contributed by atoms with E-state index in [-0.39, 0.29) is 11.9 Å². The summed E-state index contributed by atoms with van der Waals surface area (Å²) in [4.78, 5) is 17.5. The van der Waals surface area contributed by atoms with E-state index in [9.17, 15) is 18.0 Å². The van der Waals surface area contributed by atoms with Crippen molar-refractivity contribution in [2.24, 2.45) is 0 Å². The molecule has 24 heavy (non-hydrogen) atoms. The number of likely N-dealkylation sites (tertiary alicyclic amines) is 1. The van der Waals surface area contributed by atoms with E-state index in [1.54, 1.807) is 11.0 Å². The smallest absolute Gasteiger partial charge is 0.324 e.